The van der Waals surface area contributed by atoms with Crippen molar-refractivity contribution in [2.24, 2.45) is 0 Å². The fraction of sp³-hybridized carbons (Fsp3) is 0.591. The second kappa shape index (κ2) is 19.2. The number of piperidine rings is 1. The zero-order valence-corrected chi connectivity index (χ0v) is 38.0. The highest BCUT2D eigenvalue weighted by Gasteiger charge is 2.32. The minimum absolute atomic E-state index is 0.165. The van der Waals surface area contributed by atoms with Gasteiger partial charge in [0.2, 0.25) is 0 Å². The van der Waals surface area contributed by atoms with Gasteiger partial charge in [0.25, 0.3) is 0 Å². The van der Waals surface area contributed by atoms with Crippen LogP contribution in [0.25, 0.3) is 28.0 Å². The van der Waals surface area contributed by atoms with E-state index in [1.807, 2.05) is 60.8 Å². The molecule has 0 radical (unpaired) electrons. The number of fused-ring (bicyclic) bond motifs is 1. The summed E-state index contributed by atoms with van der Waals surface area (Å²) >= 11 is 0. The van der Waals surface area contributed by atoms with E-state index in [1.165, 1.54) is 5.56 Å². The Morgan fingerprint density at radius 1 is 0.857 bits per heavy atom. The monoisotopic (exact) mass is 800 g/mol. The highest BCUT2D eigenvalue weighted by atomic mass is 28.3. The van der Waals surface area contributed by atoms with Crippen molar-refractivity contribution in [1.29, 1.82) is 0 Å². The summed E-state index contributed by atoms with van der Waals surface area (Å²) in [7, 11) is -2.59. The molecular weight excluding hydrogens is 733 g/mol. The zero-order valence-electron chi connectivity index (χ0n) is 36.0. The quantitative estimate of drug-likeness (QED) is 0.0558. The molecule has 3 aromatic heterocycles. The van der Waals surface area contributed by atoms with Gasteiger partial charge < -0.3 is 24.0 Å². The molecule has 1 amide bonds. The summed E-state index contributed by atoms with van der Waals surface area (Å²) in [5, 5.41) is 5.09. The molecule has 4 heterocycles. The second-order valence-corrected chi connectivity index (χ2v) is 30.1. The van der Waals surface area contributed by atoms with Crippen molar-refractivity contribution in [1.82, 2.24) is 24.5 Å². The number of aromatic nitrogens is 4. The minimum atomic E-state index is -1.30. The molecule has 306 valence electrons. The summed E-state index contributed by atoms with van der Waals surface area (Å²) in [5.74, 6) is 1.16. The molecule has 0 atom stereocenters. The number of hydrogen-bond acceptors (Lipinski definition) is 8. The Kier molecular flexibility index (Phi) is 15.0. The first kappa shape index (κ1) is 43.5. The van der Waals surface area contributed by atoms with Crippen molar-refractivity contribution in [3.05, 3.63) is 66.1 Å². The Bertz CT molecular complexity index is 1820. The van der Waals surface area contributed by atoms with Crippen LogP contribution in [-0.4, -0.2) is 92.1 Å². The topological polar surface area (TPSA) is 94.3 Å². The van der Waals surface area contributed by atoms with Crippen molar-refractivity contribution in [2.75, 3.05) is 44.7 Å². The maximum absolute atomic E-state index is 13.1. The molecule has 1 fully saturated rings. The summed E-state index contributed by atoms with van der Waals surface area (Å²) in [6, 6.07) is 16.6. The molecule has 0 unspecified atom stereocenters. The number of rotatable bonds is 18. The average Bonchev–Trinajstić information content (AvgIpc) is 3.57. The molecule has 12 heteroatoms. The maximum atomic E-state index is 13.1. The molecule has 0 N–H and O–H groups in total. The lowest BCUT2D eigenvalue weighted by Crippen LogP contribution is -2.41. The van der Waals surface area contributed by atoms with E-state index in [2.05, 4.69) is 75.4 Å². The molecular formula is C44H68N6O4Si2. The first-order valence-corrected chi connectivity index (χ1v) is 28.2. The van der Waals surface area contributed by atoms with E-state index in [-0.39, 0.29) is 12.0 Å². The molecule has 1 aliphatic heterocycles. The summed E-state index contributed by atoms with van der Waals surface area (Å²) < 4.78 is 20.9. The SMILES string of the molecule is CCCCCc1c(C2CCN(C(=O)OC(C)(C)C)CC2)nc2c(-c3ccc(-c4ccccc4)nc3)cnn2c1N(COCC[Si](C)(C)C)COCC[Si](C)(C)C. The number of hydrogen-bond donors (Lipinski definition) is 0. The van der Waals surface area contributed by atoms with Gasteiger partial charge in [-0.15, -0.1) is 0 Å². The normalized spacial score (nSPS) is 14.4. The van der Waals surface area contributed by atoms with Crippen LogP contribution in [0.4, 0.5) is 10.6 Å². The van der Waals surface area contributed by atoms with E-state index >= 15 is 0 Å². The molecule has 0 spiro atoms. The third-order valence-corrected chi connectivity index (χ3v) is 13.7. The van der Waals surface area contributed by atoms with Gasteiger partial charge in [-0.3, -0.25) is 4.98 Å². The van der Waals surface area contributed by atoms with Crippen molar-refractivity contribution in [2.45, 2.75) is 129 Å². The van der Waals surface area contributed by atoms with Gasteiger partial charge in [0, 0.05) is 76.8 Å². The number of anilines is 1. The third kappa shape index (κ3) is 12.5. The predicted octanol–water partition coefficient (Wildman–Crippen LogP) is 10.7. The van der Waals surface area contributed by atoms with E-state index in [9.17, 15) is 4.79 Å². The fourth-order valence-corrected chi connectivity index (χ4v) is 8.46. The number of ether oxygens (including phenoxy) is 3. The van der Waals surface area contributed by atoms with Gasteiger partial charge in [0.05, 0.1) is 17.6 Å². The third-order valence-electron chi connectivity index (χ3n) is 10.2. The number of carbonyl (C=O) groups excluding carboxylic acids is 1. The highest BCUT2D eigenvalue weighted by Crippen LogP contribution is 2.38. The summed E-state index contributed by atoms with van der Waals surface area (Å²) in [6.07, 6.45) is 9.39. The van der Waals surface area contributed by atoms with Gasteiger partial charge in [-0.1, -0.05) is 95.4 Å². The zero-order chi connectivity index (χ0) is 40.5. The lowest BCUT2D eigenvalue weighted by Gasteiger charge is -2.35. The van der Waals surface area contributed by atoms with Crippen LogP contribution in [0.5, 0.6) is 0 Å². The molecule has 4 aromatic rings. The van der Waals surface area contributed by atoms with Crippen LogP contribution in [0.3, 0.4) is 0 Å². The lowest BCUT2D eigenvalue weighted by molar-refractivity contribution is 0.0203. The Hall–Kier alpha value is -3.59. The number of carbonyl (C=O) groups is 1. The van der Waals surface area contributed by atoms with Crippen molar-refractivity contribution in [3.63, 3.8) is 0 Å². The van der Waals surface area contributed by atoms with E-state index < -0.39 is 21.7 Å². The van der Waals surface area contributed by atoms with Crippen molar-refractivity contribution < 1.29 is 19.0 Å². The maximum Gasteiger partial charge on any atom is 0.410 e. The predicted molar refractivity (Wildman–Crippen MR) is 235 cm³/mol. The van der Waals surface area contributed by atoms with E-state index in [0.717, 1.165) is 90.2 Å². The first-order chi connectivity index (χ1) is 26.5. The molecule has 56 heavy (non-hydrogen) atoms. The van der Waals surface area contributed by atoms with Gasteiger partial charge in [-0.2, -0.15) is 9.61 Å². The number of unbranched alkanes of at least 4 members (excludes halogenated alkanes) is 2. The van der Waals surface area contributed by atoms with Crippen LogP contribution < -0.4 is 4.90 Å². The summed E-state index contributed by atoms with van der Waals surface area (Å²) in [5.41, 5.74) is 6.46. The average molecular weight is 801 g/mol. The second-order valence-electron chi connectivity index (χ2n) is 18.8. The van der Waals surface area contributed by atoms with E-state index in [1.54, 1.807) is 0 Å². The van der Waals surface area contributed by atoms with Gasteiger partial charge in [0.1, 0.15) is 24.9 Å². The Morgan fingerprint density at radius 3 is 2.05 bits per heavy atom. The van der Waals surface area contributed by atoms with E-state index in [4.69, 9.17) is 29.3 Å². The van der Waals surface area contributed by atoms with Gasteiger partial charge in [-0.05, 0) is 64.6 Å². The van der Waals surface area contributed by atoms with Crippen LogP contribution >= 0.6 is 0 Å². The van der Waals surface area contributed by atoms with Gasteiger partial charge in [-0.25, -0.2) is 9.78 Å². The Morgan fingerprint density at radius 2 is 1.50 bits per heavy atom. The van der Waals surface area contributed by atoms with Gasteiger partial charge >= 0.3 is 6.09 Å². The molecule has 1 aromatic carbocycles. The van der Waals surface area contributed by atoms with Crippen LogP contribution in [0.1, 0.15) is 77.0 Å². The number of likely N-dealkylation sites (tertiary alicyclic amines) is 1. The Labute approximate surface area is 338 Å². The van der Waals surface area contributed by atoms with Crippen LogP contribution in [0.15, 0.2) is 54.9 Å². The number of benzene rings is 1. The number of amides is 1. The standard InChI is InChI=1S/C44H68N6O4Si2/c1-11-12-14-19-37-40(35-22-24-48(25-23-35)43(51)54-44(2,3)4)47-41-38(36-20-21-39(45-30-36)34-17-15-13-16-18-34)31-46-50(41)42(37)49(32-52-26-28-55(5,6)7)33-53-27-29-56(8,9)10/h13,15-18,20-21,30-31,35H,11-12,14,19,22-29,32-33H2,1-10H3. The smallest absolute Gasteiger partial charge is 0.410 e. The largest absolute Gasteiger partial charge is 0.444 e. The highest BCUT2D eigenvalue weighted by molar-refractivity contribution is 6.76. The molecule has 1 saturated heterocycles. The van der Waals surface area contributed by atoms with Crippen molar-refractivity contribution in [3.8, 4) is 22.4 Å². The van der Waals surface area contributed by atoms with Crippen LogP contribution in [0, 0.1) is 0 Å². The molecule has 0 aliphatic carbocycles. The van der Waals surface area contributed by atoms with E-state index in [0.29, 0.717) is 39.8 Å². The van der Waals surface area contributed by atoms with Crippen LogP contribution in [0.2, 0.25) is 51.4 Å². The molecule has 1 aliphatic rings. The summed E-state index contributed by atoms with van der Waals surface area (Å²) in [4.78, 5) is 27.7. The van der Waals surface area contributed by atoms with Crippen LogP contribution in [-0.2, 0) is 20.6 Å². The molecule has 10 nitrogen and oxygen atoms in total. The first-order valence-electron chi connectivity index (χ1n) is 20.8. The summed E-state index contributed by atoms with van der Waals surface area (Å²) in [6.45, 7) is 25.8. The lowest BCUT2D eigenvalue weighted by atomic mass is 9.88. The van der Waals surface area contributed by atoms with Gasteiger partial charge in [0.15, 0.2) is 5.65 Å². The fourth-order valence-electron chi connectivity index (χ4n) is 6.95. The number of pyridine rings is 1. The van der Waals surface area contributed by atoms with Crippen molar-refractivity contribution >= 4 is 33.7 Å². The molecule has 5 rings (SSSR count). The minimum Gasteiger partial charge on any atom is -0.444 e. The molecule has 0 bridgehead atoms. The number of nitrogens with zero attached hydrogens (tertiary/aromatic N) is 6. The molecule has 0 saturated carbocycles. The Balaban J connectivity index is 1.61.